The molecule has 1 aliphatic heterocycles. The van der Waals surface area contributed by atoms with E-state index >= 15 is 0 Å². The van der Waals surface area contributed by atoms with Crippen molar-refractivity contribution in [1.29, 1.82) is 0 Å². The molecule has 8 nitrogen and oxygen atoms in total. The van der Waals surface area contributed by atoms with Gasteiger partial charge in [-0.15, -0.1) is 5.10 Å². The number of halogens is 1. The molecule has 10 heteroatoms. The Labute approximate surface area is 219 Å². The molecule has 1 aliphatic rings. The van der Waals surface area contributed by atoms with Crippen molar-refractivity contribution in [2.75, 3.05) is 31.1 Å². The van der Waals surface area contributed by atoms with Crippen molar-refractivity contribution in [3.8, 4) is 5.69 Å². The Balaban J connectivity index is 1.39. The molecule has 0 N–H and O–H groups in total. The summed E-state index contributed by atoms with van der Waals surface area (Å²) in [4.78, 5) is 26.8. The number of amides is 1. The van der Waals surface area contributed by atoms with Gasteiger partial charge in [0.1, 0.15) is 0 Å². The summed E-state index contributed by atoms with van der Waals surface area (Å²) >= 11 is 7.56. The fourth-order valence-electron chi connectivity index (χ4n) is 4.23. The van der Waals surface area contributed by atoms with E-state index in [2.05, 4.69) is 37.3 Å². The van der Waals surface area contributed by atoms with E-state index in [4.69, 9.17) is 11.6 Å². The van der Waals surface area contributed by atoms with Crippen molar-refractivity contribution in [3.05, 3.63) is 88.5 Å². The molecule has 0 atom stereocenters. The highest BCUT2D eigenvalue weighted by Crippen LogP contribution is 2.25. The van der Waals surface area contributed by atoms with Gasteiger partial charge in [-0.05, 0) is 56.3 Å². The predicted octanol–water partition coefficient (Wildman–Crippen LogP) is 4.58. The first kappa shape index (κ1) is 24.3. The van der Waals surface area contributed by atoms with Crippen LogP contribution in [0.25, 0.3) is 5.69 Å². The predicted molar refractivity (Wildman–Crippen MR) is 142 cm³/mol. The lowest BCUT2D eigenvalue weighted by Crippen LogP contribution is -2.49. The summed E-state index contributed by atoms with van der Waals surface area (Å²) in [5.41, 5.74) is 4.83. The first-order valence-electron chi connectivity index (χ1n) is 11.7. The molecule has 0 aliphatic carbocycles. The number of aromatic nitrogens is 5. The molecule has 36 heavy (non-hydrogen) atoms. The van der Waals surface area contributed by atoms with Gasteiger partial charge in [-0.3, -0.25) is 4.79 Å². The Bertz CT molecular complexity index is 1330. The molecule has 0 unspecified atom stereocenters. The number of hydrogen-bond acceptors (Lipinski definition) is 7. The zero-order valence-corrected chi connectivity index (χ0v) is 21.7. The van der Waals surface area contributed by atoms with Gasteiger partial charge in [0.05, 0.1) is 11.4 Å². The molecule has 0 saturated carbocycles. The van der Waals surface area contributed by atoms with Crippen LogP contribution in [-0.2, 0) is 5.75 Å². The van der Waals surface area contributed by atoms with Gasteiger partial charge in [0.15, 0.2) is 10.9 Å². The van der Waals surface area contributed by atoms with Crippen LogP contribution < -0.4 is 4.90 Å². The summed E-state index contributed by atoms with van der Waals surface area (Å²) < 4.78 is 1.71. The Kier molecular flexibility index (Phi) is 7.20. The van der Waals surface area contributed by atoms with Crippen molar-refractivity contribution in [3.63, 3.8) is 0 Å². The van der Waals surface area contributed by atoms with E-state index in [0.717, 1.165) is 30.2 Å². The number of aryl methyl sites for hydroxylation is 2. The van der Waals surface area contributed by atoms with E-state index in [0.29, 0.717) is 40.4 Å². The summed E-state index contributed by atoms with van der Waals surface area (Å²) in [5.74, 6) is 0.337. The number of nitrogens with zero attached hydrogens (tertiary/aromatic N) is 7. The third-order valence-electron chi connectivity index (χ3n) is 6.02. The number of carbonyl (C=O) groups is 1. The van der Waals surface area contributed by atoms with E-state index in [1.165, 1.54) is 17.4 Å². The number of carbonyl (C=O) groups excluding carboxylic acids is 1. The molecule has 0 radical (unpaired) electrons. The van der Waals surface area contributed by atoms with E-state index in [1.54, 1.807) is 16.8 Å². The second-order valence-electron chi connectivity index (χ2n) is 8.61. The summed E-state index contributed by atoms with van der Waals surface area (Å²) in [6, 6.07) is 19.5. The molecule has 0 spiro atoms. The Morgan fingerprint density at radius 2 is 1.58 bits per heavy atom. The zero-order chi connectivity index (χ0) is 25.1. The number of para-hydroxylation sites is 1. The van der Waals surface area contributed by atoms with Gasteiger partial charge < -0.3 is 9.80 Å². The first-order valence-corrected chi connectivity index (χ1v) is 13.1. The third-order valence-corrected chi connectivity index (χ3v) is 7.14. The lowest BCUT2D eigenvalue weighted by molar-refractivity contribution is 0.0740. The van der Waals surface area contributed by atoms with Gasteiger partial charge in [0.25, 0.3) is 5.91 Å². The van der Waals surface area contributed by atoms with Crippen LogP contribution in [0.4, 0.5) is 5.69 Å². The SMILES string of the molecule is Cc1cc(C)nc(SCc2c(C(=O)N3CCN(c4ccccc4)CC3)nnn2-c2ccc(Cl)cc2)n1. The van der Waals surface area contributed by atoms with Crippen LogP contribution in [0.1, 0.15) is 27.6 Å². The fourth-order valence-corrected chi connectivity index (χ4v) is 5.30. The van der Waals surface area contributed by atoms with Gasteiger partial charge in [0.2, 0.25) is 0 Å². The minimum Gasteiger partial charge on any atom is -0.368 e. The number of rotatable bonds is 6. The summed E-state index contributed by atoms with van der Waals surface area (Å²) in [6.45, 7) is 6.66. The monoisotopic (exact) mass is 519 g/mol. The van der Waals surface area contributed by atoms with E-state index in [-0.39, 0.29) is 5.91 Å². The van der Waals surface area contributed by atoms with Crippen LogP contribution in [-0.4, -0.2) is 61.9 Å². The fraction of sp³-hybridized carbons (Fsp3) is 0.269. The lowest BCUT2D eigenvalue weighted by atomic mass is 10.2. The largest absolute Gasteiger partial charge is 0.368 e. The first-order chi connectivity index (χ1) is 17.5. The topological polar surface area (TPSA) is 80.0 Å². The van der Waals surface area contributed by atoms with E-state index in [9.17, 15) is 4.79 Å². The number of benzene rings is 2. The minimum atomic E-state index is -0.111. The van der Waals surface area contributed by atoms with Crippen LogP contribution in [0.2, 0.25) is 5.02 Å². The molecule has 2 aromatic heterocycles. The molecule has 3 heterocycles. The summed E-state index contributed by atoms with van der Waals surface area (Å²) in [7, 11) is 0. The molecule has 1 fully saturated rings. The van der Waals surface area contributed by atoms with Crippen molar-refractivity contribution >= 4 is 35.0 Å². The highest BCUT2D eigenvalue weighted by Gasteiger charge is 2.28. The molecular formula is C26H26ClN7OS. The van der Waals surface area contributed by atoms with Crippen LogP contribution >= 0.6 is 23.4 Å². The van der Waals surface area contributed by atoms with Crippen LogP contribution in [0.5, 0.6) is 0 Å². The second-order valence-corrected chi connectivity index (χ2v) is 9.99. The number of piperazine rings is 1. The van der Waals surface area contributed by atoms with Gasteiger partial charge in [-0.1, -0.05) is 46.8 Å². The number of thioether (sulfide) groups is 1. The van der Waals surface area contributed by atoms with Gasteiger partial charge in [0, 0.05) is 54.0 Å². The summed E-state index contributed by atoms with van der Waals surface area (Å²) in [6.07, 6.45) is 0. The quantitative estimate of drug-likeness (QED) is 0.272. The van der Waals surface area contributed by atoms with Gasteiger partial charge >= 0.3 is 0 Å². The molecule has 4 aromatic rings. The van der Waals surface area contributed by atoms with E-state index in [1.807, 2.05) is 55.1 Å². The number of hydrogen-bond donors (Lipinski definition) is 0. The maximum absolute atomic E-state index is 13.6. The van der Waals surface area contributed by atoms with Crippen LogP contribution in [0.3, 0.4) is 0 Å². The molecule has 0 bridgehead atoms. The normalized spacial score (nSPS) is 13.8. The molecule has 2 aromatic carbocycles. The van der Waals surface area contributed by atoms with Gasteiger partial charge in [-0.25, -0.2) is 14.6 Å². The number of anilines is 1. The molecule has 5 rings (SSSR count). The van der Waals surface area contributed by atoms with E-state index < -0.39 is 0 Å². The van der Waals surface area contributed by atoms with Crippen molar-refractivity contribution in [2.24, 2.45) is 0 Å². The Morgan fingerprint density at radius 1 is 0.917 bits per heavy atom. The summed E-state index contributed by atoms with van der Waals surface area (Å²) in [5, 5.41) is 9.98. The highest BCUT2D eigenvalue weighted by molar-refractivity contribution is 7.98. The standard InChI is InChI=1S/C26H26ClN7OS/c1-18-16-19(2)29-26(28-18)36-17-23-24(30-31-34(23)22-10-8-20(27)9-11-22)25(35)33-14-12-32(13-15-33)21-6-4-3-5-7-21/h3-11,16H,12-15,17H2,1-2H3. The molecule has 184 valence electrons. The Morgan fingerprint density at radius 3 is 2.25 bits per heavy atom. The third kappa shape index (κ3) is 5.37. The highest BCUT2D eigenvalue weighted by atomic mass is 35.5. The average Bonchev–Trinajstić information content (AvgIpc) is 3.31. The van der Waals surface area contributed by atoms with Crippen LogP contribution in [0.15, 0.2) is 65.8 Å². The molecule has 1 saturated heterocycles. The molecular weight excluding hydrogens is 494 g/mol. The lowest BCUT2D eigenvalue weighted by Gasteiger charge is -2.35. The second kappa shape index (κ2) is 10.7. The van der Waals surface area contributed by atoms with Crippen LogP contribution in [0, 0.1) is 13.8 Å². The smallest absolute Gasteiger partial charge is 0.276 e. The van der Waals surface area contributed by atoms with Crippen molar-refractivity contribution in [2.45, 2.75) is 24.8 Å². The minimum absolute atomic E-state index is 0.111. The van der Waals surface area contributed by atoms with Crippen molar-refractivity contribution in [1.82, 2.24) is 29.9 Å². The zero-order valence-electron chi connectivity index (χ0n) is 20.1. The maximum Gasteiger partial charge on any atom is 0.276 e. The average molecular weight is 520 g/mol. The van der Waals surface area contributed by atoms with Gasteiger partial charge in [-0.2, -0.15) is 0 Å². The molecule has 1 amide bonds. The van der Waals surface area contributed by atoms with Crippen molar-refractivity contribution < 1.29 is 4.79 Å². The Hall–Kier alpha value is -3.43. The maximum atomic E-state index is 13.6.